The van der Waals surface area contributed by atoms with Crippen LogP contribution in [0.3, 0.4) is 0 Å². The summed E-state index contributed by atoms with van der Waals surface area (Å²) in [5.41, 5.74) is 7.54. The molecule has 6 aromatic rings. The molecule has 2 aliphatic heterocycles. The third-order valence-electron chi connectivity index (χ3n) is 11.7. The lowest BCUT2D eigenvalue weighted by Gasteiger charge is -2.51. The number of fused-ring (bicyclic) bond motifs is 1. The Balaban J connectivity index is 1.16. The molecular weight excluding hydrogens is 971 g/mol. The van der Waals surface area contributed by atoms with Crippen molar-refractivity contribution in [3.05, 3.63) is 202 Å². The number of nitrogens with zero attached hydrogens (tertiary/aromatic N) is 3. The highest BCUT2D eigenvalue weighted by Crippen LogP contribution is 2.45. The quantitative estimate of drug-likeness (QED) is 0.0182. The number of aromatic nitrogens is 1. The summed E-state index contributed by atoms with van der Waals surface area (Å²) in [7, 11) is 0. The number of hydrogen-bond acceptors (Lipinski definition) is 13. The van der Waals surface area contributed by atoms with Gasteiger partial charge in [-0.05, 0) is 55.6 Å². The smallest absolute Gasteiger partial charge is 0.413 e. The van der Waals surface area contributed by atoms with Crippen molar-refractivity contribution in [3.63, 3.8) is 0 Å². The number of thioether (sulfide) groups is 1. The van der Waals surface area contributed by atoms with Gasteiger partial charge >= 0.3 is 17.9 Å². The second-order valence-corrected chi connectivity index (χ2v) is 20.1. The van der Waals surface area contributed by atoms with E-state index in [0.717, 1.165) is 22.5 Å². The van der Waals surface area contributed by atoms with Crippen LogP contribution in [0.25, 0.3) is 0 Å². The monoisotopic (exact) mass is 1020 g/mol. The number of thiazole rings is 1. The molecule has 0 spiro atoms. The van der Waals surface area contributed by atoms with Crippen LogP contribution in [0.5, 0.6) is 0 Å². The van der Waals surface area contributed by atoms with Crippen LogP contribution in [0.15, 0.2) is 173 Å². The number of β-lactam (4-membered cyclic amide) rings is 1. The van der Waals surface area contributed by atoms with E-state index in [1.54, 1.807) is 26.2 Å². The summed E-state index contributed by atoms with van der Waals surface area (Å²) in [4.78, 5) is 79.4. The van der Waals surface area contributed by atoms with Gasteiger partial charge in [0.05, 0.1) is 5.70 Å². The number of carbonyl (C=O) groups excluding carboxylic acids is 5. The fraction of sp³-hybridized carbons (Fsp3) is 0.222. The van der Waals surface area contributed by atoms with Crippen LogP contribution in [-0.2, 0) is 39.1 Å². The van der Waals surface area contributed by atoms with E-state index < -0.39 is 64.4 Å². The maximum absolute atomic E-state index is 15.0. The molecule has 0 aliphatic carbocycles. The molecule has 1 fully saturated rings. The van der Waals surface area contributed by atoms with Gasteiger partial charge in [-0.3, -0.25) is 29.4 Å². The van der Waals surface area contributed by atoms with Crippen LogP contribution in [0.2, 0.25) is 0 Å². The minimum absolute atomic E-state index is 0.00607. The fourth-order valence-corrected chi connectivity index (χ4v) is 10.8. The van der Waals surface area contributed by atoms with E-state index in [-0.39, 0.29) is 28.1 Å². The molecule has 72 heavy (non-hydrogen) atoms. The topological polar surface area (TPSA) is 204 Å². The average molecular weight is 1020 g/mol. The highest BCUT2D eigenvalue weighted by atomic mass is 32.2. The van der Waals surface area contributed by atoms with E-state index >= 15 is 0 Å². The number of anilines is 1. The molecule has 0 bridgehead atoms. The Morgan fingerprint density at radius 2 is 1.32 bits per heavy atom. The minimum atomic E-state index is -1.40. The van der Waals surface area contributed by atoms with Gasteiger partial charge in [-0.15, -0.1) is 23.1 Å². The van der Waals surface area contributed by atoms with Crippen molar-refractivity contribution in [3.8, 4) is 0 Å². The number of hydrogen-bond donors (Lipinski definition) is 4. The third kappa shape index (κ3) is 11.3. The molecule has 3 atom stereocenters. The number of nitrogens with two attached hydrogens (primary N) is 1. The van der Waals surface area contributed by atoms with Gasteiger partial charge < -0.3 is 30.7 Å². The number of carbonyl (C=O) groups is 5. The summed E-state index contributed by atoms with van der Waals surface area (Å²) in [6, 6.07) is 46.3. The predicted octanol–water partition coefficient (Wildman–Crippen LogP) is 8.23. The zero-order chi connectivity index (χ0) is 51.0. The molecule has 5 aromatic carbocycles. The number of thiocarbonyl (C=S) groups is 1. The van der Waals surface area contributed by atoms with Crippen molar-refractivity contribution in [2.75, 3.05) is 17.6 Å². The number of nitrogens with one attached hydrogen (secondary N) is 3. The lowest BCUT2D eigenvalue weighted by molar-refractivity contribution is -0.144. The van der Waals surface area contributed by atoms with E-state index in [1.807, 2.05) is 159 Å². The lowest BCUT2D eigenvalue weighted by atomic mass is 9.80. The molecule has 368 valence electrons. The molecular formula is C54H51N7O8S3. The standard InChI is InChI=1S/C54H51N7O8S3/c1-33(30-56-47(64)45(55)62)39-31-71-49-42(48(65)61(49)43(39)50(70)67-44(34-20-10-5-11-21-34)35-22-12-6-13-23-35)58-46(63)41(40-32-72-51(57-40)59-52(66)68-53(2,3)4)60-69-54(36-24-14-7-15-25-36,37-26-16-8-17-27-37)38-28-18-9-19-29-38/h5-29,32-33,42,44,49H,30-31H2,1-4H3,(H2,55,62)(H,56,64)(H,58,63)(H,57,59,66)/b60-41-/t33?,42?,49-/m1/s1. The largest absolute Gasteiger partial charge is 0.469 e. The Morgan fingerprint density at radius 1 is 0.806 bits per heavy atom. The van der Waals surface area contributed by atoms with Crippen LogP contribution >= 0.6 is 35.3 Å². The number of oxime groups is 1. The van der Waals surface area contributed by atoms with E-state index in [4.69, 9.17) is 32.3 Å². The highest BCUT2D eigenvalue weighted by Gasteiger charge is 2.55. The Bertz CT molecular complexity index is 2870. The molecule has 0 saturated carbocycles. The molecule has 8 rings (SSSR count). The number of rotatable bonds is 16. The second-order valence-electron chi connectivity index (χ2n) is 17.8. The van der Waals surface area contributed by atoms with Gasteiger partial charge in [-0.2, -0.15) is 0 Å². The summed E-state index contributed by atoms with van der Waals surface area (Å²) in [6.45, 7) is 7.04. The van der Waals surface area contributed by atoms with Gasteiger partial charge in [-0.25, -0.2) is 9.78 Å². The van der Waals surface area contributed by atoms with Gasteiger partial charge in [0, 0.05) is 34.4 Å². The van der Waals surface area contributed by atoms with E-state index in [9.17, 15) is 24.0 Å². The maximum Gasteiger partial charge on any atom is 0.413 e. The first-order chi connectivity index (χ1) is 34.6. The van der Waals surface area contributed by atoms with E-state index in [1.165, 1.54) is 16.7 Å². The van der Waals surface area contributed by atoms with Crippen molar-refractivity contribution < 1.29 is 38.3 Å². The lowest BCUT2D eigenvalue weighted by Crippen LogP contribution is -2.71. The molecule has 0 radical (unpaired) electrons. The first-order valence-corrected chi connectivity index (χ1v) is 25.2. The summed E-state index contributed by atoms with van der Waals surface area (Å²) in [5, 5.41) is 13.8. The highest BCUT2D eigenvalue weighted by molar-refractivity contribution is 8.00. The van der Waals surface area contributed by atoms with Crippen molar-refractivity contribution in [2.45, 2.75) is 56.4 Å². The SMILES string of the molecule is CC(CNC(=O)C(N)=O)C1=C(C(=S)OC(c2ccccc2)c2ccccc2)N2C(=O)C(NC(=O)/C(=N\OC(c3ccccc3)(c3ccccc3)c3ccccc3)c3csc(NC(=O)OC(C)(C)C)n3)[C@H]2SC1. The van der Waals surface area contributed by atoms with Gasteiger partial charge in [-0.1, -0.05) is 164 Å². The molecule has 1 saturated heterocycles. The number of benzene rings is 5. The Morgan fingerprint density at radius 3 is 1.82 bits per heavy atom. The van der Waals surface area contributed by atoms with Crippen LogP contribution in [0, 0.1) is 5.92 Å². The molecule has 5 N–H and O–H groups in total. The maximum atomic E-state index is 15.0. The summed E-state index contributed by atoms with van der Waals surface area (Å²) in [6.07, 6.45) is -1.42. The van der Waals surface area contributed by atoms with Crippen LogP contribution in [-0.4, -0.2) is 79.7 Å². The van der Waals surface area contributed by atoms with Gasteiger partial charge in [0.25, 0.3) is 11.8 Å². The third-order valence-corrected chi connectivity index (χ3v) is 14.0. The van der Waals surface area contributed by atoms with Crippen molar-refractivity contribution in [1.82, 2.24) is 20.5 Å². The molecule has 1 aromatic heterocycles. The van der Waals surface area contributed by atoms with Crippen molar-refractivity contribution >= 4 is 80.9 Å². The second kappa shape index (κ2) is 22.2. The van der Waals surface area contributed by atoms with Gasteiger partial charge in [0.2, 0.25) is 10.7 Å². The molecule has 5 amide bonds. The first kappa shape index (κ1) is 50.7. The summed E-state index contributed by atoms with van der Waals surface area (Å²) in [5.74, 6) is -3.53. The fourth-order valence-electron chi connectivity index (χ4n) is 8.25. The number of ether oxygens (including phenoxy) is 2. The van der Waals surface area contributed by atoms with Crippen molar-refractivity contribution in [1.29, 1.82) is 0 Å². The molecule has 18 heteroatoms. The Hall–Kier alpha value is -7.67. The predicted molar refractivity (Wildman–Crippen MR) is 281 cm³/mol. The summed E-state index contributed by atoms with van der Waals surface area (Å²) < 4.78 is 12.2. The summed E-state index contributed by atoms with van der Waals surface area (Å²) >= 11 is 8.53. The molecule has 2 unspecified atom stereocenters. The number of amides is 5. The molecule has 2 aliphatic rings. The Kier molecular flexibility index (Phi) is 15.6. The minimum Gasteiger partial charge on any atom is -0.469 e. The first-order valence-electron chi connectivity index (χ1n) is 22.9. The zero-order valence-electron chi connectivity index (χ0n) is 39.6. The normalized spacial score (nSPS) is 16.2. The molecule has 15 nitrogen and oxygen atoms in total. The van der Waals surface area contributed by atoms with E-state index in [0.29, 0.717) is 33.7 Å². The van der Waals surface area contributed by atoms with Gasteiger partial charge in [0.1, 0.15) is 28.8 Å². The average Bonchev–Trinajstić information content (AvgIpc) is 3.85. The molecule has 3 heterocycles. The Labute approximate surface area is 430 Å². The zero-order valence-corrected chi connectivity index (χ0v) is 42.1. The van der Waals surface area contributed by atoms with E-state index in [2.05, 4.69) is 26.1 Å². The van der Waals surface area contributed by atoms with Crippen LogP contribution in [0.4, 0.5) is 9.93 Å². The van der Waals surface area contributed by atoms with Crippen molar-refractivity contribution in [2.24, 2.45) is 16.8 Å². The number of primary amides is 1. The van der Waals surface area contributed by atoms with Crippen LogP contribution < -0.4 is 21.7 Å². The van der Waals surface area contributed by atoms with Gasteiger partial charge in [0.15, 0.2) is 10.8 Å². The van der Waals surface area contributed by atoms with Crippen LogP contribution in [0.1, 0.15) is 67.3 Å².